The highest BCUT2D eigenvalue weighted by atomic mass is 32.2. The fourth-order valence-corrected chi connectivity index (χ4v) is 5.63. The monoisotopic (exact) mass is 451 g/mol. The van der Waals surface area contributed by atoms with E-state index in [9.17, 15) is 8.94 Å². The lowest BCUT2D eigenvalue weighted by atomic mass is 9.90. The normalized spacial score (nSPS) is 27.9. The zero-order valence-corrected chi connectivity index (χ0v) is 19.6. The highest BCUT2D eigenvalue weighted by molar-refractivity contribution is 7.95. The summed E-state index contributed by atoms with van der Waals surface area (Å²) in [6.45, 7) is 8.56. The van der Waals surface area contributed by atoms with Crippen molar-refractivity contribution in [2.75, 3.05) is 30.3 Å². The van der Waals surface area contributed by atoms with Crippen LogP contribution in [-0.2, 0) is 15.9 Å². The highest BCUT2D eigenvalue weighted by Crippen LogP contribution is 2.50. The third kappa shape index (κ3) is 5.52. The second-order valence-corrected chi connectivity index (χ2v) is 10.9. The van der Waals surface area contributed by atoms with Crippen molar-refractivity contribution in [1.29, 1.82) is 0 Å². The number of anilines is 1. The Hall–Kier alpha value is -1.38. The van der Waals surface area contributed by atoms with Crippen LogP contribution in [0.3, 0.4) is 0 Å². The summed E-state index contributed by atoms with van der Waals surface area (Å²) < 4.78 is 37.3. The zero-order valence-electron chi connectivity index (χ0n) is 18.8. The standard InChI is InChI=1S/C23H34FN3O3S/c1-4-31(28)21-6-5-18(14-20(21)24)29-12-9-17-13-19(17)16-7-10-27(11-8-16)23-25-22(15(2)3)26-30-23/h5-6,15-19H,4,7-14H2,1-3H3/t17-,18?,19-,31?/m1/s1. The number of ether oxygens (including phenoxy) is 1. The number of hydrogen-bond donors (Lipinski definition) is 0. The predicted octanol–water partition coefficient (Wildman–Crippen LogP) is 4.73. The molecule has 0 bridgehead atoms. The number of rotatable bonds is 9. The molecule has 0 amide bonds. The molecule has 0 aromatic carbocycles. The van der Waals surface area contributed by atoms with Gasteiger partial charge >= 0.3 is 6.01 Å². The van der Waals surface area contributed by atoms with Crippen molar-refractivity contribution in [3.05, 3.63) is 28.7 Å². The van der Waals surface area contributed by atoms with E-state index >= 15 is 0 Å². The van der Waals surface area contributed by atoms with Gasteiger partial charge in [-0.25, -0.2) is 4.39 Å². The number of nitrogens with zero attached hydrogens (tertiary/aromatic N) is 3. The van der Waals surface area contributed by atoms with Crippen LogP contribution in [0.5, 0.6) is 0 Å². The Bertz CT molecular complexity index is 804. The minimum atomic E-state index is -1.24. The summed E-state index contributed by atoms with van der Waals surface area (Å²) in [6.07, 6.45) is 8.12. The summed E-state index contributed by atoms with van der Waals surface area (Å²) in [5.74, 6) is 3.48. The van der Waals surface area contributed by atoms with Crippen LogP contribution in [0.1, 0.15) is 64.6 Å². The van der Waals surface area contributed by atoms with Crippen molar-refractivity contribution in [2.45, 2.75) is 64.9 Å². The Morgan fingerprint density at radius 1 is 1.35 bits per heavy atom. The van der Waals surface area contributed by atoms with Crippen molar-refractivity contribution in [2.24, 2.45) is 17.8 Å². The molecule has 1 saturated heterocycles. The molecule has 6 nitrogen and oxygen atoms in total. The van der Waals surface area contributed by atoms with E-state index in [1.807, 2.05) is 6.08 Å². The Morgan fingerprint density at radius 2 is 2.13 bits per heavy atom. The van der Waals surface area contributed by atoms with Gasteiger partial charge in [-0.3, -0.25) is 0 Å². The Labute approximate surface area is 187 Å². The van der Waals surface area contributed by atoms with E-state index in [1.54, 1.807) is 13.0 Å². The van der Waals surface area contributed by atoms with Gasteiger partial charge in [-0.05, 0) is 67.6 Å². The number of aromatic nitrogens is 2. The van der Waals surface area contributed by atoms with E-state index in [1.165, 1.54) is 19.3 Å². The highest BCUT2D eigenvalue weighted by Gasteiger charge is 2.43. The van der Waals surface area contributed by atoms with Gasteiger partial charge in [0.2, 0.25) is 0 Å². The Balaban J connectivity index is 1.14. The van der Waals surface area contributed by atoms with Gasteiger partial charge in [-0.2, -0.15) is 4.98 Å². The van der Waals surface area contributed by atoms with E-state index < -0.39 is 11.2 Å². The largest absolute Gasteiger partial charge is 0.611 e. The molecule has 4 atom stereocenters. The summed E-state index contributed by atoms with van der Waals surface area (Å²) >= 11 is -1.24. The molecule has 0 N–H and O–H groups in total. The molecular formula is C23H34FN3O3S. The quantitative estimate of drug-likeness (QED) is 0.505. The number of hydrogen-bond acceptors (Lipinski definition) is 6. The molecule has 4 rings (SSSR count). The van der Waals surface area contributed by atoms with Gasteiger partial charge in [0.15, 0.2) is 16.6 Å². The fraction of sp³-hybridized carbons (Fsp3) is 0.739. The SMILES string of the molecule is CC[S+]([O-])C1=C(F)CC(OCC[C@@H]2C[C@@H]2C2CCN(c3nc(C(C)C)no3)CC2)C=C1. The van der Waals surface area contributed by atoms with Gasteiger partial charge in [-0.1, -0.05) is 25.1 Å². The first-order chi connectivity index (χ1) is 15.0. The first-order valence-corrected chi connectivity index (χ1v) is 12.9. The molecule has 3 aliphatic rings. The number of halogens is 1. The van der Waals surface area contributed by atoms with Crippen LogP contribution in [0.2, 0.25) is 0 Å². The maximum absolute atomic E-state index is 14.2. The van der Waals surface area contributed by atoms with Crippen molar-refractivity contribution in [3.63, 3.8) is 0 Å². The minimum absolute atomic E-state index is 0.207. The molecular weight excluding hydrogens is 417 g/mol. The second-order valence-electron chi connectivity index (χ2n) is 9.24. The van der Waals surface area contributed by atoms with Crippen LogP contribution in [0.15, 0.2) is 27.4 Å². The van der Waals surface area contributed by atoms with Crippen molar-refractivity contribution in [1.82, 2.24) is 10.1 Å². The van der Waals surface area contributed by atoms with Crippen molar-refractivity contribution >= 4 is 17.2 Å². The van der Waals surface area contributed by atoms with Crippen molar-refractivity contribution < 1.29 is 18.2 Å². The summed E-state index contributed by atoms with van der Waals surface area (Å²) in [6, 6.07) is 0.663. The average molecular weight is 452 g/mol. The van der Waals surface area contributed by atoms with E-state index in [4.69, 9.17) is 9.26 Å². The average Bonchev–Trinajstić information content (AvgIpc) is 3.36. The molecule has 1 saturated carbocycles. The molecule has 1 aromatic heterocycles. The lowest BCUT2D eigenvalue weighted by Gasteiger charge is -2.30. The summed E-state index contributed by atoms with van der Waals surface area (Å²) in [7, 11) is 0. The molecule has 2 unspecified atom stereocenters. The molecule has 1 aromatic rings. The van der Waals surface area contributed by atoms with Gasteiger partial charge < -0.3 is 18.7 Å². The van der Waals surface area contributed by atoms with Crippen LogP contribution in [0, 0.1) is 17.8 Å². The summed E-state index contributed by atoms with van der Waals surface area (Å²) in [4.78, 5) is 7.07. The molecule has 172 valence electrons. The first kappa shape index (κ1) is 22.8. The van der Waals surface area contributed by atoms with Crippen LogP contribution >= 0.6 is 0 Å². The number of piperidine rings is 1. The number of allylic oxidation sites excluding steroid dienone is 1. The first-order valence-electron chi connectivity index (χ1n) is 11.6. The summed E-state index contributed by atoms with van der Waals surface area (Å²) in [5.41, 5.74) is 0. The van der Waals surface area contributed by atoms with Gasteiger partial charge in [0.05, 0.1) is 6.10 Å². The molecule has 2 aliphatic carbocycles. The molecule has 8 heteroatoms. The molecule has 2 heterocycles. The van der Waals surface area contributed by atoms with E-state index in [2.05, 4.69) is 28.9 Å². The molecule has 0 radical (unpaired) electrons. The minimum Gasteiger partial charge on any atom is -0.611 e. The van der Waals surface area contributed by atoms with E-state index in [0.29, 0.717) is 23.3 Å². The molecule has 2 fully saturated rings. The summed E-state index contributed by atoms with van der Waals surface area (Å²) in [5, 5.41) is 4.08. The van der Waals surface area contributed by atoms with Crippen LogP contribution in [-0.4, -0.2) is 46.2 Å². The van der Waals surface area contributed by atoms with Crippen molar-refractivity contribution in [3.8, 4) is 0 Å². The lowest BCUT2D eigenvalue weighted by molar-refractivity contribution is 0.0746. The van der Waals surface area contributed by atoms with Crippen LogP contribution in [0.25, 0.3) is 0 Å². The predicted molar refractivity (Wildman–Crippen MR) is 120 cm³/mol. The smallest absolute Gasteiger partial charge is 0.324 e. The van der Waals surface area contributed by atoms with Gasteiger partial charge in [0, 0.05) is 32.0 Å². The Morgan fingerprint density at radius 3 is 2.77 bits per heavy atom. The fourth-order valence-electron chi connectivity index (χ4n) is 4.76. The third-order valence-electron chi connectivity index (χ3n) is 6.78. The lowest BCUT2D eigenvalue weighted by Crippen LogP contribution is -2.34. The Kier molecular flexibility index (Phi) is 7.39. The third-order valence-corrected chi connectivity index (χ3v) is 8.15. The molecule has 1 aliphatic heterocycles. The van der Waals surface area contributed by atoms with Gasteiger partial charge in [0.1, 0.15) is 5.75 Å². The van der Waals surface area contributed by atoms with Gasteiger partial charge in [-0.15, -0.1) is 0 Å². The maximum Gasteiger partial charge on any atom is 0.324 e. The second kappa shape index (κ2) is 10.0. The zero-order chi connectivity index (χ0) is 22.0. The molecule has 31 heavy (non-hydrogen) atoms. The maximum atomic E-state index is 14.2. The van der Waals surface area contributed by atoms with E-state index in [0.717, 1.165) is 43.1 Å². The van der Waals surface area contributed by atoms with Crippen LogP contribution < -0.4 is 4.90 Å². The molecule has 0 spiro atoms. The van der Waals surface area contributed by atoms with Gasteiger partial charge in [0.25, 0.3) is 0 Å². The van der Waals surface area contributed by atoms with E-state index in [-0.39, 0.29) is 24.3 Å². The van der Waals surface area contributed by atoms with Crippen LogP contribution in [0.4, 0.5) is 10.4 Å². The topological polar surface area (TPSA) is 74.5 Å².